The Bertz CT molecular complexity index is 1590. The summed E-state index contributed by atoms with van der Waals surface area (Å²) < 4.78 is 12.7. The molecular formula is C32H34N4O6. The minimum absolute atomic E-state index is 0.00234. The molecule has 1 N–H and O–H groups in total. The summed E-state index contributed by atoms with van der Waals surface area (Å²) in [6.45, 7) is 2.02. The van der Waals surface area contributed by atoms with E-state index in [1.165, 1.54) is 7.11 Å². The smallest absolute Gasteiger partial charge is 0.331 e. The number of methoxy groups -OCH3 is 2. The lowest BCUT2D eigenvalue weighted by molar-refractivity contribution is -0.154. The van der Waals surface area contributed by atoms with E-state index in [0.29, 0.717) is 36.7 Å². The molecule has 2 bridgehead atoms. The van der Waals surface area contributed by atoms with Gasteiger partial charge in [0.05, 0.1) is 20.8 Å². The normalized spacial score (nSPS) is 23.8. The van der Waals surface area contributed by atoms with E-state index in [1.807, 2.05) is 47.0 Å². The van der Waals surface area contributed by atoms with Gasteiger partial charge in [0.1, 0.15) is 5.41 Å². The van der Waals surface area contributed by atoms with Crippen LogP contribution in [-0.4, -0.2) is 66.1 Å². The standard InChI is InChI=1S/C32H34N4O6/c1-41-26-12-11-22(14-27(26)42-2)15-32(29(38)33-31(40)36(30(32)39)17-21-7-4-3-5-8-21)20-34-16-23-13-24(19-34)25-9-6-10-28(37)35(25)18-23/h3-12,14,23-24H,13,15-20H2,1-2H3,(H,33,38,40)/t23-,24+,32+/m0/s1. The number of hydrogen-bond donors (Lipinski definition) is 1. The highest BCUT2D eigenvalue weighted by molar-refractivity contribution is 6.19. The van der Waals surface area contributed by atoms with Crippen molar-refractivity contribution < 1.29 is 23.9 Å². The fraction of sp³-hybridized carbons (Fsp3) is 0.375. The van der Waals surface area contributed by atoms with Crippen LogP contribution in [0.2, 0.25) is 0 Å². The highest BCUT2D eigenvalue weighted by atomic mass is 16.5. The van der Waals surface area contributed by atoms with Crippen molar-refractivity contribution in [2.24, 2.45) is 11.3 Å². The molecule has 3 aromatic rings. The molecule has 6 rings (SSSR count). The Morgan fingerprint density at radius 1 is 0.857 bits per heavy atom. The molecular weight excluding hydrogens is 536 g/mol. The minimum atomic E-state index is -1.57. The van der Waals surface area contributed by atoms with Crippen LogP contribution in [0.15, 0.2) is 71.5 Å². The van der Waals surface area contributed by atoms with Crippen molar-refractivity contribution in [1.29, 1.82) is 0 Å². The Morgan fingerprint density at radius 3 is 2.40 bits per heavy atom. The van der Waals surface area contributed by atoms with Crippen molar-refractivity contribution >= 4 is 17.8 Å². The molecule has 0 unspecified atom stereocenters. The lowest BCUT2D eigenvalue weighted by Gasteiger charge is -2.47. The van der Waals surface area contributed by atoms with Gasteiger partial charge in [-0.05, 0) is 48.1 Å². The van der Waals surface area contributed by atoms with Crippen LogP contribution < -0.4 is 20.3 Å². The number of ether oxygens (including phenoxy) is 2. The van der Waals surface area contributed by atoms with Crippen LogP contribution in [-0.2, 0) is 29.1 Å². The number of urea groups is 1. The van der Waals surface area contributed by atoms with Gasteiger partial charge >= 0.3 is 6.03 Å². The van der Waals surface area contributed by atoms with Gasteiger partial charge in [0, 0.05) is 43.9 Å². The first-order valence-corrected chi connectivity index (χ1v) is 14.2. The van der Waals surface area contributed by atoms with E-state index in [1.54, 1.807) is 31.4 Å². The number of imide groups is 2. The monoisotopic (exact) mass is 570 g/mol. The molecule has 4 heterocycles. The molecule has 4 amide bonds. The van der Waals surface area contributed by atoms with E-state index >= 15 is 0 Å². The van der Waals surface area contributed by atoms with E-state index in [4.69, 9.17) is 9.47 Å². The number of benzene rings is 2. The highest BCUT2D eigenvalue weighted by Crippen LogP contribution is 2.39. The molecule has 3 aliphatic heterocycles. The summed E-state index contributed by atoms with van der Waals surface area (Å²) in [5.74, 6) is 0.201. The number of hydrogen-bond acceptors (Lipinski definition) is 7. The number of likely N-dealkylation sites (tertiary alicyclic amines) is 1. The van der Waals surface area contributed by atoms with Gasteiger partial charge in [0.15, 0.2) is 11.5 Å². The number of pyridine rings is 1. The van der Waals surface area contributed by atoms with Gasteiger partial charge in [0.2, 0.25) is 11.8 Å². The fourth-order valence-electron chi connectivity index (χ4n) is 6.84. The Balaban J connectivity index is 1.37. The second-order valence-electron chi connectivity index (χ2n) is 11.5. The molecule has 3 aliphatic rings. The number of carbonyl (C=O) groups is 3. The van der Waals surface area contributed by atoms with Crippen molar-refractivity contribution in [2.75, 3.05) is 33.9 Å². The van der Waals surface area contributed by atoms with Crippen LogP contribution in [0.1, 0.15) is 29.2 Å². The zero-order valence-electron chi connectivity index (χ0n) is 23.7. The Labute approximate surface area is 243 Å². The van der Waals surface area contributed by atoms with Crippen LogP contribution in [0.3, 0.4) is 0 Å². The average molecular weight is 571 g/mol. The van der Waals surface area contributed by atoms with E-state index in [0.717, 1.165) is 22.6 Å². The molecule has 0 radical (unpaired) electrons. The van der Waals surface area contributed by atoms with Gasteiger partial charge in [-0.3, -0.25) is 24.6 Å². The first-order valence-electron chi connectivity index (χ1n) is 14.2. The van der Waals surface area contributed by atoms with Crippen LogP contribution >= 0.6 is 0 Å². The number of fused-ring (bicyclic) bond motifs is 4. The maximum absolute atomic E-state index is 14.4. The minimum Gasteiger partial charge on any atom is -0.493 e. The zero-order chi connectivity index (χ0) is 29.4. The molecule has 10 nitrogen and oxygen atoms in total. The summed E-state index contributed by atoms with van der Waals surface area (Å²) in [5, 5.41) is 2.50. The van der Waals surface area contributed by atoms with Crippen molar-refractivity contribution in [3.05, 3.63) is 93.9 Å². The molecule has 1 aromatic heterocycles. The van der Waals surface area contributed by atoms with Crippen molar-refractivity contribution in [2.45, 2.75) is 31.8 Å². The van der Waals surface area contributed by atoms with E-state index in [9.17, 15) is 19.2 Å². The third-order valence-corrected chi connectivity index (χ3v) is 8.74. The zero-order valence-corrected chi connectivity index (χ0v) is 23.7. The van der Waals surface area contributed by atoms with E-state index in [-0.39, 0.29) is 36.9 Å². The van der Waals surface area contributed by atoms with Gasteiger partial charge < -0.3 is 18.9 Å². The molecule has 0 aliphatic carbocycles. The Hall–Kier alpha value is -4.44. The van der Waals surface area contributed by atoms with Gasteiger partial charge in [0.25, 0.3) is 5.56 Å². The SMILES string of the molecule is COc1ccc(C[C@@]2(CN3C[C@@H]4C[C@H](C3)c3cccc(=O)n3C4)C(=O)NC(=O)N(Cc3ccccc3)C2=O)cc1OC. The molecule has 2 saturated heterocycles. The number of aromatic nitrogens is 1. The molecule has 10 heteroatoms. The molecule has 2 fully saturated rings. The first kappa shape index (κ1) is 27.7. The van der Waals surface area contributed by atoms with Gasteiger partial charge in [-0.25, -0.2) is 4.79 Å². The summed E-state index contributed by atoms with van der Waals surface area (Å²) in [6.07, 6.45) is 1.01. The molecule has 42 heavy (non-hydrogen) atoms. The van der Waals surface area contributed by atoms with Crippen molar-refractivity contribution in [3.8, 4) is 11.5 Å². The predicted molar refractivity (Wildman–Crippen MR) is 154 cm³/mol. The lowest BCUT2D eigenvalue weighted by Crippen LogP contribution is -2.67. The van der Waals surface area contributed by atoms with E-state index in [2.05, 4.69) is 10.2 Å². The van der Waals surface area contributed by atoms with E-state index < -0.39 is 23.3 Å². The fourth-order valence-corrected chi connectivity index (χ4v) is 6.84. The van der Waals surface area contributed by atoms with Crippen LogP contribution in [0.25, 0.3) is 0 Å². The molecule has 218 valence electrons. The first-order chi connectivity index (χ1) is 20.3. The average Bonchev–Trinajstić information content (AvgIpc) is 2.99. The number of rotatable bonds is 8. The summed E-state index contributed by atoms with van der Waals surface area (Å²) in [5.41, 5.74) is 0.906. The number of barbiturate groups is 1. The molecule has 2 aromatic carbocycles. The van der Waals surface area contributed by atoms with Crippen LogP contribution in [0.5, 0.6) is 11.5 Å². The largest absolute Gasteiger partial charge is 0.493 e. The summed E-state index contributed by atoms with van der Waals surface area (Å²) in [6, 6.07) is 19.2. The number of nitrogens with zero attached hydrogens (tertiary/aromatic N) is 3. The van der Waals surface area contributed by atoms with Crippen molar-refractivity contribution in [3.63, 3.8) is 0 Å². The van der Waals surface area contributed by atoms with Gasteiger partial charge in [-0.15, -0.1) is 0 Å². The lowest BCUT2D eigenvalue weighted by atomic mass is 9.75. The topological polar surface area (TPSA) is 110 Å². The molecule has 0 spiro atoms. The number of amides is 4. The Kier molecular flexibility index (Phi) is 7.32. The second-order valence-corrected chi connectivity index (χ2v) is 11.5. The number of carbonyl (C=O) groups excluding carboxylic acids is 3. The quantitative estimate of drug-likeness (QED) is 0.415. The highest BCUT2D eigenvalue weighted by Gasteiger charge is 2.55. The van der Waals surface area contributed by atoms with Gasteiger partial charge in [-0.1, -0.05) is 42.5 Å². The predicted octanol–water partition coefficient (Wildman–Crippen LogP) is 2.79. The number of nitrogens with one attached hydrogen (secondary N) is 1. The maximum Gasteiger partial charge on any atom is 0.331 e. The third-order valence-electron chi connectivity index (χ3n) is 8.74. The Morgan fingerprint density at radius 2 is 1.64 bits per heavy atom. The van der Waals surface area contributed by atoms with Crippen LogP contribution in [0.4, 0.5) is 4.79 Å². The summed E-state index contributed by atoms with van der Waals surface area (Å²) in [7, 11) is 3.08. The second kappa shape index (κ2) is 11.1. The molecule has 3 atom stereocenters. The summed E-state index contributed by atoms with van der Waals surface area (Å²) in [4.78, 5) is 57.2. The summed E-state index contributed by atoms with van der Waals surface area (Å²) >= 11 is 0. The molecule has 0 saturated carbocycles. The number of piperidine rings is 1. The van der Waals surface area contributed by atoms with Crippen LogP contribution in [0, 0.1) is 11.3 Å². The van der Waals surface area contributed by atoms with Crippen molar-refractivity contribution in [1.82, 2.24) is 19.7 Å². The maximum atomic E-state index is 14.4. The third kappa shape index (κ3) is 4.96. The van der Waals surface area contributed by atoms with Gasteiger partial charge in [-0.2, -0.15) is 0 Å².